The summed E-state index contributed by atoms with van der Waals surface area (Å²) >= 11 is 0. The van der Waals surface area contributed by atoms with E-state index in [9.17, 15) is 0 Å². The van der Waals surface area contributed by atoms with Gasteiger partial charge in [-0.05, 0) is 98.9 Å². The molecule has 0 radical (unpaired) electrons. The van der Waals surface area contributed by atoms with Crippen molar-refractivity contribution in [1.29, 1.82) is 5.26 Å². The Morgan fingerprint density at radius 1 is 1.14 bits per heavy atom. The van der Waals surface area contributed by atoms with Gasteiger partial charge in [-0.25, -0.2) is 4.39 Å². The number of fused-ring (bicyclic) bond motifs is 5. The minimum Gasteiger partial charge on any atom is -0.271 e. The van der Waals surface area contributed by atoms with Crippen LogP contribution in [0.15, 0.2) is 12.3 Å². The zero-order valence-corrected chi connectivity index (χ0v) is 17.2. The monoisotopic (exact) mass is 383 g/mol. The molecule has 4 aliphatic carbocycles. The lowest BCUT2D eigenvalue weighted by Gasteiger charge is -2.58. The molecule has 4 heteroatoms. The number of nitrogens with zero attached hydrogens (tertiary/aromatic N) is 3. The number of rotatable bonds is 3. The van der Waals surface area contributed by atoms with Gasteiger partial charge < -0.3 is 0 Å². The van der Waals surface area contributed by atoms with Crippen LogP contribution in [0.3, 0.4) is 0 Å². The van der Waals surface area contributed by atoms with E-state index in [1.165, 1.54) is 32.1 Å². The summed E-state index contributed by atoms with van der Waals surface area (Å²) in [6.07, 6.45) is 14.7. The first kappa shape index (κ1) is 18.6. The van der Waals surface area contributed by atoms with Crippen molar-refractivity contribution in [2.45, 2.75) is 89.8 Å². The molecule has 3 nitrogen and oxygen atoms in total. The molecule has 0 aliphatic heterocycles. The molecular formula is C24H34FN3. The maximum absolute atomic E-state index is 16.2. The highest BCUT2D eigenvalue weighted by Crippen LogP contribution is 2.66. The van der Waals surface area contributed by atoms with E-state index in [1.54, 1.807) is 6.07 Å². The first-order valence-electron chi connectivity index (χ1n) is 11.7. The molecule has 5 rings (SSSR count). The van der Waals surface area contributed by atoms with Gasteiger partial charge in [-0.2, -0.15) is 10.4 Å². The lowest BCUT2D eigenvalue weighted by Crippen LogP contribution is -2.55. The predicted molar refractivity (Wildman–Crippen MR) is 107 cm³/mol. The SMILES string of the molecule is C[C@]12CCC3[C@@H](CC[C@@H]4CCCC[C@]34F)C1CC[C@@H]2CCn1ccc(C#N)n1. The van der Waals surface area contributed by atoms with Crippen LogP contribution in [0.5, 0.6) is 0 Å². The molecule has 4 fully saturated rings. The molecule has 0 bridgehead atoms. The van der Waals surface area contributed by atoms with E-state index in [-0.39, 0.29) is 0 Å². The number of hydrogen-bond donors (Lipinski definition) is 0. The zero-order chi connectivity index (χ0) is 19.4. The molecule has 0 N–H and O–H groups in total. The average Bonchev–Trinajstić information content (AvgIpc) is 3.29. The number of halogens is 1. The maximum atomic E-state index is 16.2. The highest BCUT2D eigenvalue weighted by Gasteiger charge is 2.61. The maximum Gasteiger partial charge on any atom is 0.162 e. The highest BCUT2D eigenvalue weighted by atomic mass is 19.1. The molecular weight excluding hydrogens is 349 g/mol. The van der Waals surface area contributed by atoms with Crippen LogP contribution in [-0.4, -0.2) is 15.4 Å². The van der Waals surface area contributed by atoms with Gasteiger partial charge in [0, 0.05) is 12.7 Å². The van der Waals surface area contributed by atoms with Crippen LogP contribution >= 0.6 is 0 Å². The summed E-state index contributed by atoms with van der Waals surface area (Å²) in [5.74, 6) is 2.76. The third-order valence-corrected chi connectivity index (χ3v) is 9.60. The minimum absolute atomic E-state index is 0.340. The lowest BCUT2D eigenvalue weighted by molar-refractivity contribution is -0.133. The summed E-state index contributed by atoms with van der Waals surface area (Å²) < 4.78 is 18.1. The fourth-order valence-corrected chi connectivity index (χ4v) is 8.20. The molecule has 152 valence electrons. The van der Waals surface area contributed by atoms with Gasteiger partial charge in [0.25, 0.3) is 0 Å². The highest BCUT2D eigenvalue weighted by molar-refractivity contribution is 5.16. The van der Waals surface area contributed by atoms with Crippen molar-refractivity contribution < 1.29 is 4.39 Å². The summed E-state index contributed by atoms with van der Waals surface area (Å²) in [7, 11) is 0. The third-order valence-electron chi connectivity index (χ3n) is 9.60. The smallest absolute Gasteiger partial charge is 0.162 e. The largest absolute Gasteiger partial charge is 0.271 e. The van der Waals surface area contributed by atoms with Gasteiger partial charge in [0.2, 0.25) is 0 Å². The fraction of sp³-hybridized carbons (Fsp3) is 0.833. The van der Waals surface area contributed by atoms with Crippen LogP contribution in [-0.2, 0) is 6.54 Å². The van der Waals surface area contributed by atoms with Crippen molar-refractivity contribution in [3.63, 3.8) is 0 Å². The standard InChI is InChI=1S/C24H34FN3/c1-23-13-9-22-20(7-5-18-4-2-3-12-24(18,22)25)21(23)8-6-17(23)10-14-28-15-11-19(16-26)27-28/h11,15,17-18,20-22H,2-10,12-14H2,1H3/t17-,18+,20+,21?,22?,23-,24-/m1/s1. The van der Waals surface area contributed by atoms with Crippen LogP contribution < -0.4 is 0 Å². The number of nitriles is 1. The second-order valence-electron chi connectivity index (χ2n) is 10.5. The zero-order valence-electron chi connectivity index (χ0n) is 17.2. The van der Waals surface area contributed by atoms with Crippen molar-refractivity contribution >= 4 is 0 Å². The summed E-state index contributed by atoms with van der Waals surface area (Å²) in [5.41, 5.74) is 0.0432. The Morgan fingerprint density at radius 3 is 2.86 bits per heavy atom. The second kappa shape index (κ2) is 6.85. The third kappa shape index (κ3) is 2.76. The Kier molecular flexibility index (Phi) is 4.56. The lowest BCUT2D eigenvalue weighted by atomic mass is 9.48. The number of aryl methyl sites for hydroxylation is 1. The van der Waals surface area contributed by atoms with E-state index in [0.29, 0.717) is 34.8 Å². The van der Waals surface area contributed by atoms with Gasteiger partial charge in [-0.3, -0.25) is 4.68 Å². The molecule has 28 heavy (non-hydrogen) atoms. The van der Waals surface area contributed by atoms with E-state index in [1.807, 2.05) is 10.9 Å². The van der Waals surface area contributed by atoms with Crippen molar-refractivity contribution in [2.24, 2.45) is 35.0 Å². The Bertz CT molecular complexity index is 766. The molecule has 0 saturated heterocycles. The molecule has 4 saturated carbocycles. The Labute approximate surface area is 168 Å². The van der Waals surface area contributed by atoms with E-state index < -0.39 is 5.67 Å². The van der Waals surface area contributed by atoms with Gasteiger partial charge >= 0.3 is 0 Å². The molecule has 7 atom stereocenters. The normalized spacial score (nSPS) is 45.0. The van der Waals surface area contributed by atoms with Crippen LogP contribution in [0.4, 0.5) is 4.39 Å². The van der Waals surface area contributed by atoms with Crippen LogP contribution in [0.25, 0.3) is 0 Å². The van der Waals surface area contributed by atoms with E-state index in [0.717, 1.165) is 51.0 Å². The second-order valence-corrected chi connectivity index (χ2v) is 10.5. The predicted octanol–water partition coefficient (Wildman–Crippen LogP) is 5.90. The number of aromatic nitrogens is 2. The number of hydrogen-bond acceptors (Lipinski definition) is 2. The molecule has 0 amide bonds. The molecule has 4 aliphatic rings. The van der Waals surface area contributed by atoms with Crippen molar-refractivity contribution in [3.05, 3.63) is 18.0 Å². The van der Waals surface area contributed by atoms with E-state index in [2.05, 4.69) is 18.1 Å². The fourth-order valence-electron chi connectivity index (χ4n) is 8.20. The molecule has 1 aromatic rings. The van der Waals surface area contributed by atoms with E-state index in [4.69, 9.17) is 5.26 Å². The van der Waals surface area contributed by atoms with E-state index >= 15 is 4.39 Å². The van der Waals surface area contributed by atoms with Gasteiger partial charge in [0.15, 0.2) is 5.69 Å². The molecule has 1 aromatic heterocycles. The average molecular weight is 384 g/mol. The number of alkyl halides is 1. The molecule has 1 heterocycles. The van der Waals surface area contributed by atoms with Crippen LogP contribution in [0.1, 0.15) is 83.2 Å². The summed E-state index contributed by atoms with van der Waals surface area (Å²) in [6.45, 7) is 3.42. The first-order valence-corrected chi connectivity index (χ1v) is 11.7. The Hall–Kier alpha value is -1.37. The van der Waals surface area contributed by atoms with Gasteiger partial charge in [0.05, 0.1) is 0 Å². The van der Waals surface area contributed by atoms with Gasteiger partial charge in [-0.15, -0.1) is 0 Å². The van der Waals surface area contributed by atoms with Crippen molar-refractivity contribution in [1.82, 2.24) is 9.78 Å². The van der Waals surface area contributed by atoms with Crippen molar-refractivity contribution in [2.75, 3.05) is 0 Å². The van der Waals surface area contributed by atoms with Crippen LogP contribution in [0.2, 0.25) is 0 Å². The van der Waals surface area contributed by atoms with Crippen molar-refractivity contribution in [3.8, 4) is 6.07 Å². The Morgan fingerprint density at radius 2 is 2.04 bits per heavy atom. The summed E-state index contributed by atoms with van der Waals surface area (Å²) in [4.78, 5) is 0. The minimum atomic E-state index is -0.844. The quantitative estimate of drug-likeness (QED) is 0.652. The van der Waals surface area contributed by atoms with Gasteiger partial charge in [0.1, 0.15) is 11.7 Å². The molecule has 0 aromatic carbocycles. The summed E-state index contributed by atoms with van der Waals surface area (Å²) in [6, 6.07) is 3.92. The molecule has 0 spiro atoms. The Balaban J connectivity index is 1.30. The first-order chi connectivity index (χ1) is 13.5. The van der Waals surface area contributed by atoms with Crippen LogP contribution in [0, 0.1) is 46.3 Å². The topological polar surface area (TPSA) is 41.6 Å². The molecule has 2 unspecified atom stereocenters. The van der Waals surface area contributed by atoms with Gasteiger partial charge in [-0.1, -0.05) is 19.8 Å². The summed E-state index contributed by atoms with van der Waals surface area (Å²) in [5, 5.41) is 13.3.